The highest BCUT2D eigenvalue weighted by Crippen LogP contribution is 2.35. The average molecular weight is 441 g/mol. The summed E-state index contributed by atoms with van der Waals surface area (Å²) in [6.07, 6.45) is 3.55. The van der Waals surface area contributed by atoms with E-state index < -0.39 is 15.5 Å². The zero-order chi connectivity index (χ0) is 21.5. The molecule has 0 radical (unpaired) electrons. The van der Waals surface area contributed by atoms with Crippen LogP contribution in [-0.4, -0.2) is 38.5 Å². The second-order valence-electron chi connectivity index (χ2n) is 7.90. The average Bonchev–Trinajstić information content (AvgIpc) is 2.71. The van der Waals surface area contributed by atoms with Gasteiger partial charge in [0.2, 0.25) is 0 Å². The maximum atomic E-state index is 11.7. The van der Waals surface area contributed by atoms with E-state index >= 15 is 0 Å². The second-order valence-corrected chi connectivity index (χ2v) is 10.9. The number of amidine groups is 1. The van der Waals surface area contributed by atoms with Gasteiger partial charge in [-0.2, -0.15) is 5.10 Å². The maximum absolute atomic E-state index is 11.7. The summed E-state index contributed by atoms with van der Waals surface area (Å²) in [7, 11) is -1.03. The summed E-state index contributed by atoms with van der Waals surface area (Å²) >= 11 is 1.24. The third-order valence-corrected chi connectivity index (χ3v) is 7.29. The topological polar surface area (TPSA) is 85.6 Å². The van der Waals surface area contributed by atoms with Crippen molar-refractivity contribution in [2.24, 2.45) is 5.10 Å². The Hall–Kier alpha value is -2.45. The van der Waals surface area contributed by atoms with Gasteiger partial charge in [-0.15, -0.1) is 0 Å². The van der Waals surface area contributed by atoms with Crippen molar-refractivity contribution < 1.29 is 9.00 Å². The first-order valence-corrected chi connectivity index (χ1v) is 12.1. The normalized spacial score (nSPS) is 18.8. The Morgan fingerprint density at radius 1 is 1.23 bits per heavy atom. The lowest BCUT2D eigenvalue weighted by Gasteiger charge is -2.33. The molecule has 0 spiro atoms. The first kappa shape index (κ1) is 20.8. The summed E-state index contributed by atoms with van der Waals surface area (Å²) < 4.78 is 11.2. The first-order valence-electron chi connectivity index (χ1n) is 9.77. The van der Waals surface area contributed by atoms with E-state index in [1.54, 1.807) is 6.26 Å². The Bertz CT molecular complexity index is 1080. The van der Waals surface area contributed by atoms with Crippen LogP contribution in [0.2, 0.25) is 0 Å². The highest BCUT2D eigenvalue weighted by molar-refractivity contribution is 8.15. The largest absolute Gasteiger partial charge is 0.326 e. The van der Waals surface area contributed by atoms with E-state index in [-0.39, 0.29) is 5.24 Å². The number of thioether (sulfide) groups is 1. The highest BCUT2D eigenvalue weighted by Gasteiger charge is 2.34. The van der Waals surface area contributed by atoms with Crippen molar-refractivity contribution in [3.63, 3.8) is 0 Å². The third-order valence-electron chi connectivity index (χ3n) is 5.38. The Labute approximate surface area is 183 Å². The summed E-state index contributed by atoms with van der Waals surface area (Å²) in [6, 6.07) is 13.6. The van der Waals surface area contributed by atoms with Crippen molar-refractivity contribution in [3.05, 3.63) is 59.2 Å². The molecule has 4 rings (SSSR count). The van der Waals surface area contributed by atoms with Crippen molar-refractivity contribution in [2.45, 2.75) is 36.3 Å². The predicted octanol–water partition coefficient (Wildman–Crippen LogP) is 4.14. The maximum Gasteiger partial charge on any atom is 0.300 e. The Morgan fingerprint density at radius 2 is 1.97 bits per heavy atom. The first-order chi connectivity index (χ1) is 14.3. The quantitative estimate of drug-likeness (QED) is 0.555. The van der Waals surface area contributed by atoms with Gasteiger partial charge in [0, 0.05) is 39.7 Å². The van der Waals surface area contributed by atoms with Crippen molar-refractivity contribution in [1.29, 1.82) is 5.41 Å². The zero-order valence-corrected chi connectivity index (χ0v) is 18.8. The third kappa shape index (κ3) is 3.94. The van der Waals surface area contributed by atoms with Crippen molar-refractivity contribution in [3.8, 4) is 0 Å². The van der Waals surface area contributed by atoms with Gasteiger partial charge >= 0.3 is 0 Å². The molecule has 0 aliphatic carbocycles. The SMILES string of the molecule is CS(=O)c1ccc(C(=N)N2CCCc3cc(C4=NNC(=O)SC4(C)C)ccc32)cc1. The minimum Gasteiger partial charge on any atom is -0.326 e. The van der Waals surface area contributed by atoms with Crippen LogP contribution in [0.15, 0.2) is 52.5 Å². The van der Waals surface area contributed by atoms with E-state index in [9.17, 15) is 9.00 Å². The lowest BCUT2D eigenvalue weighted by Crippen LogP contribution is -2.39. The number of hydrogen-bond donors (Lipinski definition) is 2. The molecule has 0 fully saturated rings. The number of nitrogens with zero attached hydrogens (tertiary/aromatic N) is 2. The molecular formula is C22H24N4O2S2. The van der Waals surface area contributed by atoms with Crippen molar-refractivity contribution in [1.82, 2.24) is 5.43 Å². The molecule has 8 heteroatoms. The summed E-state index contributed by atoms with van der Waals surface area (Å²) in [6.45, 7) is 4.79. The number of aryl methyl sites for hydroxylation is 1. The van der Waals surface area contributed by atoms with Gasteiger partial charge in [-0.05, 0) is 62.1 Å². The van der Waals surface area contributed by atoms with Gasteiger partial charge in [-0.1, -0.05) is 30.0 Å². The van der Waals surface area contributed by atoms with Crippen LogP contribution >= 0.6 is 11.8 Å². The number of amides is 1. The lowest BCUT2D eigenvalue weighted by molar-refractivity contribution is 0.260. The minimum atomic E-state index is -1.03. The number of benzene rings is 2. The smallest absolute Gasteiger partial charge is 0.300 e. The van der Waals surface area contributed by atoms with E-state index in [4.69, 9.17) is 5.41 Å². The molecule has 0 bridgehead atoms. The number of carbonyl (C=O) groups is 1. The lowest BCUT2D eigenvalue weighted by atomic mass is 9.93. The number of nitrogens with one attached hydrogen (secondary N) is 2. The monoisotopic (exact) mass is 440 g/mol. The predicted molar refractivity (Wildman–Crippen MR) is 124 cm³/mol. The summed E-state index contributed by atoms with van der Waals surface area (Å²) in [5.41, 5.74) is 7.43. The van der Waals surface area contributed by atoms with Gasteiger partial charge in [0.05, 0.1) is 10.5 Å². The summed E-state index contributed by atoms with van der Waals surface area (Å²) in [5.74, 6) is 0.440. The Morgan fingerprint density at radius 3 is 2.63 bits per heavy atom. The van der Waals surface area contributed by atoms with Crippen LogP contribution < -0.4 is 10.3 Å². The van der Waals surface area contributed by atoms with E-state index in [1.165, 1.54) is 17.3 Å². The van der Waals surface area contributed by atoms with Gasteiger partial charge < -0.3 is 4.90 Å². The van der Waals surface area contributed by atoms with Gasteiger partial charge in [-0.3, -0.25) is 14.4 Å². The van der Waals surface area contributed by atoms with Crippen LogP contribution in [0.3, 0.4) is 0 Å². The molecule has 156 valence electrons. The molecule has 2 N–H and O–H groups in total. The minimum absolute atomic E-state index is 0.140. The van der Waals surface area contributed by atoms with Gasteiger partial charge in [-0.25, -0.2) is 5.43 Å². The summed E-state index contributed by atoms with van der Waals surface area (Å²) in [5, 5.41) is 12.9. The van der Waals surface area contributed by atoms with Crippen molar-refractivity contribution in [2.75, 3.05) is 17.7 Å². The van der Waals surface area contributed by atoms with Crippen LogP contribution in [0.5, 0.6) is 0 Å². The number of anilines is 1. The van der Waals surface area contributed by atoms with Crippen molar-refractivity contribution >= 4 is 45.0 Å². The number of hydrogen-bond acceptors (Lipinski definition) is 5. The molecule has 2 heterocycles. The Balaban J connectivity index is 1.64. The number of hydrazone groups is 1. The molecular weight excluding hydrogens is 416 g/mol. The molecule has 2 aromatic rings. The van der Waals surface area contributed by atoms with Gasteiger partial charge in [0.25, 0.3) is 5.24 Å². The molecule has 0 saturated carbocycles. The second kappa shape index (κ2) is 8.00. The molecule has 1 amide bonds. The number of fused-ring (bicyclic) bond motifs is 1. The standard InChI is InChI=1S/C22H24N4O2S2/c1-22(2)19(24-25-21(27)29-22)16-8-11-18-15(13-16)5-4-12-26(18)20(23)14-6-9-17(10-7-14)30(3)28/h6-11,13,23H,4-5,12H2,1-3H3,(H,25,27). The number of rotatable bonds is 3. The van der Waals surface area contributed by atoms with Crippen LogP contribution in [0.25, 0.3) is 0 Å². The van der Waals surface area contributed by atoms with Crippen LogP contribution in [0.1, 0.15) is 37.0 Å². The van der Waals surface area contributed by atoms with Crippen LogP contribution in [0.4, 0.5) is 10.5 Å². The fourth-order valence-corrected chi connectivity index (χ4v) is 5.22. The van der Waals surface area contributed by atoms with E-state index in [0.717, 1.165) is 46.8 Å². The molecule has 0 aromatic heterocycles. The molecule has 2 aliphatic rings. The van der Waals surface area contributed by atoms with Crippen LogP contribution in [-0.2, 0) is 17.2 Å². The molecule has 6 nitrogen and oxygen atoms in total. The molecule has 1 unspecified atom stereocenters. The highest BCUT2D eigenvalue weighted by atomic mass is 32.2. The number of carbonyl (C=O) groups excluding carboxylic acids is 1. The fraction of sp³-hybridized carbons (Fsp3) is 0.318. The molecule has 30 heavy (non-hydrogen) atoms. The van der Waals surface area contributed by atoms with Crippen LogP contribution in [0, 0.1) is 5.41 Å². The van der Waals surface area contributed by atoms with Gasteiger partial charge in [0.15, 0.2) is 0 Å². The van der Waals surface area contributed by atoms with E-state index in [0.29, 0.717) is 5.84 Å². The Kier molecular flexibility index (Phi) is 5.55. The molecule has 0 saturated heterocycles. The zero-order valence-electron chi connectivity index (χ0n) is 17.2. The molecule has 2 aromatic carbocycles. The van der Waals surface area contributed by atoms with E-state index in [1.807, 2.05) is 55.1 Å². The molecule has 2 aliphatic heterocycles. The summed E-state index contributed by atoms with van der Waals surface area (Å²) in [4.78, 5) is 14.5. The fourth-order valence-electron chi connectivity index (χ4n) is 3.89. The van der Waals surface area contributed by atoms with E-state index in [2.05, 4.69) is 16.6 Å². The molecule has 1 atom stereocenters. The van der Waals surface area contributed by atoms with Gasteiger partial charge in [0.1, 0.15) is 5.84 Å².